The number of aryl methyl sites for hydroxylation is 1. The predicted octanol–water partition coefficient (Wildman–Crippen LogP) is 3.95. The zero-order chi connectivity index (χ0) is 21.0. The van der Waals surface area contributed by atoms with Crippen LogP contribution in [0.15, 0.2) is 47.0 Å². The maximum absolute atomic E-state index is 13.2. The Hall–Kier alpha value is -3.48. The molecular formula is C22H24N2O5. The molecule has 0 atom stereocenters. The van der Waals surface area contributed by atoms with Gasteiger partial charge in [-0.1, -0.05) is 35.5 Å². The van der Waals surface area contributed by atoms with Crippen molar-refractivity contribution in [3.63, 3.8) is 0 Å². The molecule has 1 amide bonds. The number of carbonyl (C=O) groups is 1. The van der Waals surface area contributed by atoms with Crippen LogP contribution < -0.4 is 14.2 Å². The number of carbonyl (C=O) groups excluding carboxylic acids is 1. The Bertz CT molecular complexity index is 998. The predicted molar refractivity (Wildman–Crippen MR) is 109 cm³/mol. The van der Waals surface area contributed by atoms with E-state index in [1.165, 1.54) is 0 Å². The third-order valence-corrected chi connectivity index (χ3v) is 4.66. The Balaban J connectivity index is 1.93. The molecule has 1 aromatic heterocycles. The maximum atomic E-state index is 13.2. The highest BCUT2D eigenvalue weighted by atomic mass is 16.5. The number of aromatic nitrogens is 1. The zero-order valence-electron chi connectivity index (χ0n) is 17.2. The van der Waals surface area contributed by atoms with Crippen LogP contribution in [0.4, 0.5) is 0 Å². The Kier molecular flexibility index (Phi) is 6.07. The molecule has 2 aromatic carbocycles. The van der Waals surface area contributed by atoms with Crippen LogP contribution >= 0.6 is 0 Å². The molecule has 0 aliphatic rings. The number of methoxy groups -OCH3 is 3. The first-order chi connectivity index (χ1) is 14.0. The van der Waals surface area contributed by atoms with Crippen LogP contribution in [0, 0.1) is 6.92 Å². The maximum Gasteiger partial charge on any atom is 0.259 e. The highest BCUT2D eigenvalue weighted by Crippen LogP contribution is 2.40. The van der Waals surface area contributed by atoms with E-state index in [1.54, 1.807) is 46.3 Å². The van der Waals surface area contributed by atoms with Gasteiger partial charge in [0.25, 0.3) is 5.91 Å². The summed E-state index contributed by atoms with van der Waals surface area (Å²) in [4.78, 5) is 14.8. The quantitative estimate of drug-likeness (QED) is 0.602. The number of hydrogen-bond acceptors (Lipinski definition) is 6. The average Bonchev–Trinajstić information content (AvgIpc) is 3.14. The normalized spacial score (nSPS) is 10.5. The van der Waals surface area contributed by atoms with E-state index in [9.17, 15) is 4.79 Å². The van der Waals surface area contributed by atoms with Gasteiger partial charge in [-0.3, -0.25) is 4.79 Å². The van der Waals surface area contributed by atoms with Crippen molar-refractivity contribution in [1.82, 2.24) is 10.1 Å². The van der Waals surface area contributed by atoms with E-state index in [4.69, 9.17) is 18.7 Å². The van der Waals surface area contributed by atoms with Crippen molar-refractivity contribution < 1.29 is 23.5 Å². The molecule has 0 radical (unpaired) electrons. The molecule has 0 bridgehead atoms. The SMILES string of the molecule is COc1ccc(CN(C)C(=O)c2c(-c3ccccc3)noc2C)c(OC)c1OC. The van der Waals surface area contributed by atoms with Gasteiger partial charge in [-0.2, -0.15) is 0 Å². The average molecular weight is 396 g/mol. The van der Waals surface area contributed by atoms with Crippen molar-refractivity contribution in [2.24, 2.45) is 0 Å². The van der Waals surface area contributed by atoms with Gasteiger partial charge in [0.2, 0.25) is 5.75 Å². The van der Waals surface area contributed by atoms with E-state index in [0.717, 1.165) is 11.1 Å². The van der Waals surface area contributed by atoms with Gasteiger partial charge < -0.3 is 23.6 Å². The van der Waals surface area contributed by atoms with E-state index in [0.29, 0.717) is 40.8 Å². The fraction of sp³-hybridized carbons (Fsp3) is 0.273. The molecular weight excluding hydrogens is 372 g/mol. The Morgan fingerprint density at radius 3 is 2.31 bits per heavy atom. The standard InChI is InChI=1S/C22H24N2O5/c1-14-18(19(23-29-14)15-9-7-6-8-10-15)22(25)24(2)13-16-11-12-17(26-3)21(28-5)20(16)27-4/h6-12H,13H2,1-5H3. The highest BCUT2D eigenvalue weighted by Gasteiger charge is 2.26. The summed E-state index contributed by atoms with van der Waals surface area (Å²) < 4.78 is 21.6. The molecule has 3 rings (SSSR count). The lowest BCUT2D eigenvalue weighted by Crippen LogP contribution is -2.27. The van der Waals surface area contributed by atoms with Crippen molar-refractivity contribution in [2.75, 3.05) is 28.4 Å². The first kappa shape index (κ1) is 20.3. The molecule has 0 saturated heterocycles. The molecule has 3 aromatic rings. The van der Waals surface area contributed by atoms with Crippen molar-refractivity contribution in [3.05, 3.63) is 59.4 Å². The van der Waals surface area contributed by atoms with Gasteiger partial charge in [0.1, 0.15) is 17.0 Å². The summed E-state index contributed by atoms with van der Waals surface area (Å²) >= 11 is 0. The third-order valence-electron chi connectivity index (χ3n) is 4.66. The fourth-order valence-corrected chi connectivity index (χ4v) is 3.22. The van der Waals surface area contributed by atoms with E-state index >= 15 is 0 Å². The first-order valence-electron chi connectivity index (χ1n) is 9.06. The topological polar surface area (TPSA) is 74.0 Å². The van der Waals surface area contributed by atoms with Crippen molar-refractivity contribution in [2.45, 2.75) is 13.5 Å². The van der Waals surface area contributed by atoms with Crippen LogP contribution in [0.2, 0.25) is 0 Å². The largest absolute Gasteiger partial charge is 0.493 e. The minimum absolute atomic E-state index is 0.195. The minimum Gasteiger partial charge on any atom is -0.493 e. The van der Waals surface area contributed by atoms with Crippen LogP contribution in [-0.2, 0) is 6.54 Å². The molecule has 7 nitrogen and oxygen atoms in total. The van der Waals surface area contributed by atoms with Gasteiger partial charge in [0.15, 0.2) is 11.5 Å². The van der Waals surface area contributed by atoms with Gasteiger partial charge in [0.05, 0.1) is 21.3 Å². The Labute approximate surface area is 169 Å². The van der Waals surface area contributed by atoms with Gasteiger partial charge >= 0.3 is 0 Å². The van der Waals surface area contributed by atoms with Crippen LogP contribution in [-0.4, -0.2) is 44.3 Å². The molecule has 0 aliphatic heterocycles. The summed E-state index contributed by atoms with van der Waals surface area (Å²) in [6.45, 7) is 2.04. The van der Waals surface area contributed by atoms with E-state index in [1.807, 2.05) is 36.4 Å². The highest BCUT2D eigenvalue weighted by molar-refractivity contribution is 6.00. The van der Waals surface area contributed by atoms with Crippen LogP contribution in [0.5, 0.6) is 17.2 Å². The number of nitrogens with zero attached hydrogens (tertiary/aromatic N) is 2. The summed E-state index contributed by atoms with van der Waals surface area (Å²) in [5, 5.41) is 4.10. The van der Waals surface area contributed by atoms with E-state index in [2.05, 4.69) is 5.16 Å². The summed E-state index contributed by atoms with van der Waals surface area (Å²) in [6.07, 6.45) is 0. The molecule has 152 valence electrons. The number of benzene rings is 2. The van der Waals surface area contributed by atoms with Gasteiger partial charge in [0, 0.05) is 24.7 Å². The minimum atomic E-state index is -0.195. The van der Waals surface area contributed by atoms with Crippen molar-refractivity contribution >= 4 is 5.91 Å². The molecule has 0 spiro atoms. The number of rotatable bonds is 7. The molecule has 0 aliphatic carbocycles. The van der Waals surface area contributed by atoms with Gasteiger partial charge in [-0.25, -0.2) is 0 Å². The summed E-state index contributed by atoms with van der Waals surface area (Å²) in [6, 6.07) is 13.1. The van der Waals surface area contributed by atoms with Crippen LogP contribution in [0.1, 0.15) is 21.7 Å². The van der Waals surface area contributed by atoms with Crippen LogP contribution in [0.3, 0.4) is 0 Å². The first-order valence-corrected chi connectivity index (χ1v) is 9.06. The summed E-state index contributed by atoms with van der Waals surface area (Å²) in [5.74, 6) is 1.85. The van der Waals surface area contributed by atoms with Crippen molar-refractivity contribution in [3.8, 4) is 28.5 Å². The molecule has 1 heterocycles. The number of hydrogen-bond donors (Lipinski definition) is 0. The fourth-order valence-electron chi connectivity index (χ4n) is 3.22. The zero-order valence-corrected chi connectivity index (χ0v) is 17.2. The molecule has 7 heteroatoms. The second-order valence-electron chi connectivity index (χ2n) is 6.48. The monoisotopic (exact) mass is 396 g/mol. The molecule has 0 saturated carbocycles. The lowest BCUT2D eigenvalue weighted by Gasteiger charge is -2.21. The molecule has 0 fully saturated rings. The molecule has 0 N–H and O–H groups in total. The number of ether oxygens (including phenoxy) is 3. The molecule has 29 heavy (non-hydrogen) atoms. The number of amides is 1. The second-order valence-corrected chi connectivity index (χ2v) is 6.48. The lowest BCUT2D eigenvalue weighted by molar-refractivity contribution is 0.0783. The van der Waals surface area contributed by atoms with Crippen LogP contribution in [0.25, 0.3) is 11.3 Å². The summed E-state index contributed by atoms with van der Waals surface area (Å²) in [7, 11) is 6.39. The molecule has 0 unspecified atom stereocenters. The lowest BCUT2D eigenvalue weighted by atomic mass is 10.0. The Morgan fingerprint density at radius 2 is 1.69 bits per heavy atom. The van der Waals surface area contributed by atoms with Crippen molar-refractivity contribution in [1.29, 1.82) is 0 Å². The smallest absolute Gasteiger partial charge is 0.259 e. The second kappa shape index (κ2) is 8.68. The van der Waals surface area contributed by atoms with Gasteiger partial charge in [-0.15, -0.1) is 0 Å². The summed E-state index contributed by atoms with van der Waals surface area (Å²) in [5.41, 5.74) is 2.58. The Morgan fingerprint density at radius 1 is 1.00 bits per heavy atom. The van der Waals surface area contributed by atoms with E-state index < -0.39 is 0 Å². The van der Waals surface area contributed by atoms with Gasteiger partial charge in [-0.05, 0) is 19.1 Å². The van der Waals surface area contributed by atoms with E-state index in [-0.39, 0.29) is 5.91 Å². The third kappa shape index (κ3) is 3.89.